The fraction of sp³-hybridized carbons (Fsp3) is 0.481. The highest BCUT2D eigenvalue weighted by atomic mass is 32.1. The number of anilines is 1. The van der Waals surface area contributed by atoms with E-state index in [9.17, 15) is 15.0 Å². The van der Waals surface area contributed by atoms with E-state index in [0.29, 0.717) is 40.7 Å². The van der Waals surface area contributed by atoms with Gasteiger partial charge in [0, 0.05) is 41.0 Å². The van der Waals surface area contributed by atoms with Crippen molar-refractivity contribution in [2.75, 3.05) is 12.3 Å². The van der Waals surface area contributed by atoms with Crippen molar-refractivity contribution in [1.82, 2.24) is 14.9 Å². The molecule has 0 saturated heterocycles. The van der Waals surface area contributed by atoms with Crippen LogP contribution in [0.15, 0.2) is 35.0 Å². The van der Waals surface area contributed by atoms with Crippen LogP contribution in [-0.4, -0.2) is 43.1 Å². The summed E-state index contributed by atoms with van der Waals surface area (Å²) in [5.41, 5.74) is 10.1. The summed E-state index contributed by atoms with van der Waals surface area (Å²) < 4.78 is 0. The van der Waals surface area contributed by atoms with E-state index in [4.69, 9.17) is 5.73 Å². The molecule has 8 heteroatoms. The van der Waals surface area contributed by atoms with Gasteiger partial charge in [0.15, 0.2) is 0 Å². The molecule has 192 valence electrons. The molecule has 35 heavy (non-hydrogen) atoms. The van der Waals surface area contributed by atoms with Crippen LogP contribution in [0.25, 0.3) is 0 Å². The zero-order valence-corrected chi connectivity index (χ0v) is 23.1. The molecule has 7 nitrogen and oxygen atoms in total. The van der Waals surface area contributed by atoms with Gasteiger partial charge in [0.25, 0.3) is 0 Å². The summed E-state index contributed by atoms with van der Waals surface area (Å²) in [6.07, 6.45) is 2.64. The molecule has 0 bridgehead atoms. The summed E-state index contributed by atoms with van der Waals surface area (Å²) in [7, 11) is 0. The monoisotopic (exact) mass is 500 g/mol. The van der Waals surface area contributed by atoms with Crippen molar-refractivity contribution in [3.8, 4) is 0 Å². The van der Waals surface area contributed by atoms with Gasteiger partial charge < -0.3 is 20.8 Å². The molecule has 0 spiro atoms. The highest BCUT2D eigenvalue weighted by Crippen LogP contribution is 2.32. The fourth-order valence-electron chi connectivity index (χ4n) is 3.46. The number of carbonyl (C=O) groups excluding carboxylic acids is 1. The Hall–Kier alpha value is -2.55. The van der Waals surface area contributed by atoms with Crippen molar-refractivity contribution in [2.24, 2.45) is 0 Å². The number of hydrogen-bond donors (Lipinski definition) is 4. The summed E-state index contributed by atoms with van der Waals surface area (Å²) in [5.74, 6) is 0.879. The molecule has 0 atom stereocenters. The lowest BCUT2D eigenvalue weighted by molar-refractivity contribution is -0.116. The van der Waals surface area contributed by atoms with Crippen LogP contribution in [0.1, 0.15) is 83.0 Å². The number of hydrogen-bond acceptors (Lipinski definition) is 5. The molecule has 0 unspecified atom stereocenters. The number of amides is 1. The average molecular weight is 501 g/mol. The SMILES string of the molecule is C/C(=C(CCO)/[SH]=C(\O)c1cc(C(C)(C)C)cc(C(C)(C)C)c1)N(C=O)Cc1cnc(C)nc1N. The molecule has 1 heterocycles. The molecule has 0 aliphatic carbocycles. The number of aliphatic hydroxyl groups excluding tert-OH is 2. The van der Waals surface area contributed by atoms with Gasteiger partial charge in [0.1, 0.15) is 16.7 Å². The first-order chi connectivity index (χ1) is 16.2. The number of nitrogen functional groups attached to an aromatic ring is 1. The van der Waals surface area contributed by atoms with Crippen LogP contribution >= 0.6 is 11.4 Å². The number of nitrogens with two attached hydrogens (primary N) is 1. The van der Waals surface area contributed by atoms with Crippen LogP contribution in [0.4, 0.5) is 5.82 Å². The molecule has 0 aliphatic heterocycles. The topological polar surface area (TPSA) is 113 Å². The first-order valence-corrected chi connectivity index (χ1v) is 12.6. The minimum absolute atomic E-state index is 0.0861. The Labute approximate surface area is 213 Å². The van der Waals surface area contributed by atoms with Crippen LogP contribution in [0.3, 0.4) is 0 Å². The van der Waals surface area contributed by atoms with Crippen LogP contribution < -0.4 is 5.73 Å². The molecular weight excluding hydrogens is 460 g/mol. The van der Waals surface area contributed by atoms with E-state index in [-0.39, 0.29) is 29.0 Å². The largest absolute Gasteiger partial charge is 0.396 e. The van der Waals surface area contributed by atoms with Crippen molar-refractivity contribution in [3.05, 3.63) is 63.1 Å². The van der Waals surface area contributed by atoms with Gasteiger partial charge in [-0.3, -0.25) is 4.79 Å². The Kier molecular flexibility index (Phi) is 9.39. The van der Waals surface area contributed by atoms with E-state index in [2.05, 4.69) is 57.6 Å². The van der Waals surface area contributed by atoms with Crippen LogP contribution in [0, 0.1) is 6.92 Å². The first kappa shape index (κ1) is 28.7. The van der Waals surface area contributed by atoms with Gasteiger partial charge in [0.2, 0.25) is 6.41 Å². The van der Waals surface area contributed by atoms with Crippen molar-refractivity contribution in [2.45, 2.75) is 79.2 Å². The molecule has 0 saturated carbocycles. The summed E-state index contributed by atoms with van der Waals surface area (Å²) in [4.78, 5) is 22.6. The minimum atomic E-state index is -0.106. The predicted octanol–water partition coefficient (Wildman–Crippen LogP) is 4.74. The van der Waals surface area contributed by atoms with Gasteiger partial charge in [-0.1, -0.05) is 47.6 Å². The molecule has 1 amide bonds. The summed E-state index contributed by atoms with van der Waals surface area (Å²) in [6, 6.07) is 6.24. The van der Waals surface area contributed by atoms with Gasteiger partial charge in [-0.25, -0.2) is 9.97 Å². The number of nitrogens with zero attached hydrogens (tertiary/aromatic N) is 3. The molecule has 1 aromatic heterocycles. The third-order valence-corrected chi connectivity index (χ3v) is 7.13. The number of rotatable bonds is 8. The maximum Gasteiger partial charge on any atom is 0.214 e. The van der Waals surface area contributed by atoms with Gasteiger partial charge in [-0.2, -0.15) is 0 Å². The van der Waals surface area contributed by atoms with Crippen LogP contribution in [0.2, 0.25) is 0 Å². The zero-order valence-electron chi connectivity index (χ0n) is 22.2. The van der Waals surface area contributed by atoms with Crippen molar-refractivity contribution < 1.29 is 15.0 Å². The highest BCUT2D eigenvalue weighted by Gasteiger charge is 2.21. The molecule has 1 aromatic carbocycles. The summed E-state index contributed by atoms with van der Waals surface area (Å²) in [5, 5.41) is 21.1. The molecular formula is C27H40N4O3S. The predicted molar refractivity (Wildman–Crippen MR) is 147 cm³/mol. The molecule has 0 radical (unpaired) electrons. The second kappa shape index (κ2) is 11.5. The highest BCUT2D eigenvalue weighted by molar-refractivity contribution is 8.02. The van der Waals surface area contributed by atoms with Gasteiger partial charge >= 0.3 is 0 Å². The first-order valence-electron chi connectivity index (χ1n) is 11.7. The second-order valence-electron chi connectivity index (χ2n) is 10.8. The van der Waals surface area contributed by atoms with E-state index in [1.165, 1.54) is 4.90 Å². The number of allylic oxidation sites excluding steroid dienone is 1. The molecule has 2 rings (SSSR count). The Balaban J connectivity index is 2.56. The standard InChI is InChI=1S/C27H40N4O3S/c1-17(31(16-33)15-20-14-29-18(2)30-24(20)28)23(9-10-32)35-25(34)19-11-21(26(3,4)5)13-22(12-19)27(6,7)8/h11-14,16,32,34-35H,9-10,15H2,1-8H3,(H2,28,29,30)/b23-17-. The number of benzene rings is 1. The minimum Gasteiger partial charge on any atom is -0.396 e. The van der Waals surface area contributed by atoms with E-state index >= 15 is 0 Å². The number of carbonyl (C=O) groups is 1. The lowest BCUT2D eigenvalue weighted by atomic mass is 9.79. The summed E-state index contributed by atoms with van der Waals surface area (Å²) in [6.45, 7) is 16.5. The average Bonchev–Trinajstić information content (AvgIpc) is 2.76. The third-order valence-electron chi connectivity index (χ3n) is 5.85. The third kappa shape index (κ3) is 7.72. The second-order valence-corrected chi connectivity index (χ2v) is 12.0. The number of thiol groups is 1. The Morgan fingerprint density at radius 1 is 1.11 bits per heavy atom. The molecule has 4 N–H and O–H groups in total. The van der Waals surface area contributed by atoms with Gasteiger partial charge in [0.05, 0.1) is 6.54 Å². The van der Waals surface area contributed by atoms with E-state index in [0.717, 1.165) is 28.0 Å². The number of aromatic nitrogens is 2. The molecule has 0 fully saturated rings. The lowest BCUT2D eigenvalue weighted by Gasteiger charge is -2.26. The van der Waals surface area contributed by atoms with E-state index in [1.807, 2.05) is 12.1 Å². The van der Waals surface area contributed by atoms with Gasteiger partial charge in [-0.05, 0) is 47.9 Å². The number of aryl methyl sites for hydroxylation is 1. The van der Waals surface area contributed by atoms with Crippen molar-refractivity contribution >= 4 is 28.6 Å². The van der Waals surface area contributed by atoms with Crippen molar-refractivity contribution in [3.63, 3.8) is 0 Å². The molecule has 2 aromatic rings. The van der Waals surface area contributed by atoms with E-state index < -0.39 is 0 Å². The zero-order chi connectivity index (χ0) is 26.6. The van der Waals surface area contributed by atoms with Crippen LogP contribution in [0.5, 0.6) is 0 Å². The van der Waals surface area contributed by atoms with Gasteiger partial charge in [-0.15, -0.1) is 11.4 Å². The maximum atomic E-state index is 12.0. The molecule has 0 aliphatic rings. The smallest absolute Gasteiger partial charge is 0.214 e. The summed E-state index contributed by atoms with van der Waals surface area (Å²) >= 11 is 0.530. The fourth-order valence-corrected chi connectivity index (χ4v) is 4.47. The van der Waals surface area contributed by atoms with Crippen LogP contribution in [-0.2, 0) is 22.2 Å². The lowest BCUT2D eigenvalue weighted by Crippen LogP contribution is -2.22. The van der Waals surface area contributed by atoms with E-state index in [1.54, 1.807) is 20.0 Å². The maximum absolute atomic E-state index is 12.0. The van der Waals surface area contributed by atoms with Crippen molar-refractivity contribution in [1.29, 1.82) is 0 Å². The Bertz CT molecular complexity index is 1100. The Morgan fingerprint density at radius 2 is 1.69 bits per heavy atom. The Morgan fingerprint density at radius 3 is 2.14 bits per heavy atom. The quantitative estimate of drug-likeness (QED) is 0.237. The normalized spacial score (nSPS) is 13.7. The number of aliphatic hydroxyl groups is 2.